The highest BCUT2D eigenvalue weighted by molar-refractivity contribution is 8.13. The number of nitrogens with zero attached hydrogens (tertiary/aromatic N) is 3. The molecule has 1 N–H and O–H groups in total. The number of fused-ring (bicyclic) bond motifs is 15. The number of halogens is 3. The quantitative estimate of drug-likeness (QED) is 0.234. The monoisotopic (exact) mass is 800 g/mol. The number of aryl methyl sites for hydroxylation is 1. The van der Waals surface area contributed by atoms with Gasteiger partial charge >= 0.3 is 0 Å². The maximum absolute atomic E-state index is 14.6. The second-order valence-electron chi connectivity index (χ2n) is 16.9. The Labute approximate surface area is 336 Å². The Balaban J connectivity index is 1.29. The van der Waals surface area contributed by atoms with Crippen LogP contribution in [0.3, 0.4) is 0 Å². The van der Waals surface area contributed by atoms with Gasteiger partial charge in [0.15, 0.2) is 0 Å². The van der Waals surface area contributed by atoms with E-state index in [-0.39, 0.29) is 47.8 Å². The highest BCUT2D eigenvalue weighted by atomic mass is 35.5. The smallest absolute Gasteiger partial charge is 0.260 e. The van der Waals surface area contributed by atoms with Crippen LogP contribution < -0.4 is 9.46 Å². The molecule has 55 heavy (non-hydrogen) atoms. The van der Waals surface area contributed by atoms with Crippen LogP contribution in [-0.2, 0) is 11.2 Å². The Hall–Kier alpha value is -2.34. The molecule has 0 radical (unpaired) electrons. The number of carbonyl (C=O) groups is 1. The maximum atomic E-state index is 14.6. The minimum Gasteiger partial charge on any atom is -0.493 e. The number of piperidine rings is 1. The molecule has 11 heteroatoms. The lowest BCUT2D eigenvalue weighted by molar-refractivity contribution is -0.121. The minimum absolute atomic E-state index is 0.0436. The van der Waals surface area contributed by atoms with Gasteiger partial charge in [-0.15, -0.1) is 0 Å². The van der Waals surface area contributed by atoms with Gasteiger partial charge in [-0.3, -0.25) is 14.6 Å². The van der Waals surface area contributed by atoms with E-state index in [1.165, 1.54) is 11.1 Å². The van der Waals surface area contributed by atoms with Gasteiger partial charge in [0.05, 0.1) is 6.61 Å². The predicted octanol–water partition coefficient (Wildman–Crippen LogP) is 8.54. The predicted molar refractivity (Wildman–Crippen MR) is 224 cm³/mol. The Bertz CT molecular complexity index is 1660. The molecular formula is C44H63ClF2N4O3S. The lowest BCUT2D eigenvalue weighted by atomic mass is 9.63. The number of hydrogen-bond acceptors (Lipinski definition) is 6. The first-order valence-corrected chi connectivity index (χ1v) is 22.2. The van der Waals surface area contributed by atoms with E-state index in [9.17, 15) is 13.6 Å². The molecule has 2 aromatic carbocycles. The molecule has 5 aliphatic rings. The van der Waals surface area contributed by atoms with Crippen LogP contribution in [0.2, 0.25) is 5.02 Å². The van der Waals surface area contributed by atoms with E-state index >= 15 is 0 Å². The number of alkyl halides is 2. The Morgan fingerprint density at radius 1 is 1.07 bits per heavy atom. The molecule has 7 nitrogen and oxygen atoms in total. The summed E-state index contributed by atoms with van der Waals surface area (Å²) in [4.78, 5) is 20.4. The second kappa shape index (κ2) is 18.5. The number of hydrogen-bond donors (Lipinski definition) is 1. The van der Waals surface area contributed by atoms with Gasteiger partial charge in [-0.1, -0.05) is 73.6 Å². The largest absolute Gasteiger partial charge is 0.493 e. The van der Waals surface area contributed by atoms with E-state index in [0.717, 1.165) is 69.1 Å². The summed E-state index contributed by atoms with van der Waals surface area (Å²) in [5.74, 6) is 3.40. The molecule has 8 unspecified atom stereocenters. The third-order valence-corrected chi connectivity index (χ3v) is 15.0. The second-order valence-corrected chi connectivity index (χ2v) is 19.1. The number of rotatable bonds is 6. The van der Waals surface area contributed by atoms with Crippen LogP contribution in [0.5, 0.6) is 5.75 Å². The van der Waals surface area contributed by atoms with Crippen molar-refractivity contribution in [1.29, 1.82) is 0 Å². The SMILES string of the molecule is C=S1NC(=O)c2ccc(cc2)OCC(c2ccc(Cl)cc2CCC)CN(C)CC2CCC2C(CN2CCN3CCC(F)(F)CC3C2)(OC)/C=C/CC(C)C1C. The van der Waals surface area contributed by atoms with E-state index < -0.39 is 22.2 Å². The van der Waals surface area contributed by atoms with Crippen LogP contribution in [-0.4, -0.2) is 116 Å². The lowest BCUT2D eigenvalue weighted by Gasteiger charge is -2.53. The van der Waals surface area contributed by atoms with Gasteiger partial charge in [0.1, 0.15) is 11.4 Å². The third kappa shape index (κ3) is 10.4. The first-order valence-electron chi connectivity index (χ1n) is 20.4. The van der Waals surface area contributed by atoms with Gasteiger partial charge in [0, 0.05) is 93.6 Å². The highest BCUT2D eigenvalue weighted by Crippen LogP contribution is 2.46. The Morgan fingerprint density at radius 3 is 2.56 bits per heavy atom. The first-order chi connectivity index (χ1) is 26.3. The zero-order valence-electron chi connectivity index (χ0n) is 33.6. The number of likely N-dealkylation sites (N-methyl/N-ethyl adjacent to an activating group) is 1. The standard InChI is InChI=1S/C44H63ClF2N4O3S/c1-7-9-34-24-37(45)14-17-40(34)36-27-49(4)26-35-13-18-41(35)43(53-5,30-50-22-23-51-21-20-44(46,47)25-38(51)28-50)19-8-10-31(2)32(3)55(6)48-42(52)33-11-15-39(16-12-33)54-29-36/h8,11-12,14-17,19,24,31-32,35-36,38,41H,6-7,9-10,13,18,20-23,25-30H2,1-5H3,(H,48,52)/b19-8+. The molecular weight excluding hydrogens is 738 g/mol. The summed E-state index contributed by atoms with van der Waals surface area (Å²) in [5, 5.41) is 0.891. The van der Waals surface area contributed by atoms with Crippen LogP contribution in [0.15, 0.2) is 54.6 Å². The zero-order chi connectivity index (χ0) is 39.3. The molecule has 0 aromatic heterocycles. The molecule has 4 heterocycles. The summed E-state index contributed by atoms with van der Waals surface area (Å²) in [6, 6.07) is 13.5. The molecule has 0 spiro atoms. The summed E-state index contributed by atoms with van der Waals surface area (Å²) in [5.41, 5.74) is 2.53. The summed E-state index contributed by atoms with van der Waals surface area (Å²) in [7, 11) is 3.45. The molecule has 4 aliphatic heterocycles. The zero-order valence-corrected chi connectivity index (χ0v) is 35.2. The van der Waals surface area contributed by atoms with Crippen molar-refractivity contribution in [3.8, 4) is 5.75 Å². The van der Waals surface area contributed by atoms with E-state index in [2.05, 4.69) is 77.4 Å². The Morgan fingerprint density at radius 2 is 1.85 bits per heavy atom. The first kappa shape index (κ1) is 42.3. The van der Waals surface area contributed by atoms with Gasteiger partial charge in [-0.25, -0.2) is 8.78 Å². The number of benzene rings is 2. The average Bonchev–Trinajstić information content (AvgIpc) is 3.14. The molecule has 7 rings (SSSR count). The Kier molecular flexibility index (Phi) is 14.2. The highest BCUT2D eigenvalue weighted by Gasteiger charge is 2.49. The fourth-order valence-electron chi connectivity index (χ4n) is 9.38. The van der Waals surface area contributed by atoms with Crippen molar-refractivity contribution in [2.45, 2.75) is 94.5 Å². The van der Waals surface area contributed by atoms with Crippen LogP contribution >= 0.6 is 22.3 Å². The van der Waals surface area contributed by atoms with Gasteiger partial charge in [-0.2, -0.15) is 0 Å². The van der Waals surface area contributed by atoms with E-state index in [1.807, 2.05) is 37.4 Å². The molecule has 1 aliphatic carbocycles. The van der Waals surface area contributed by atoms with Crippen LogP contribution in [0.4, 0.5) is 8.78 Å². The normalized spacial score (nSPS) is 33.6. The van der Waals surface area contributed by atoms with Crippen molar-refractivity contribution in [3.05, 3.63) is 76.3 Å². The fourth-order valence-corrected chi connectivity index (χ4v) is 10.8. The van der Waals surface area contributed by atoms with Gasteiger partial charge in [0.25, 0.3) is 11.8 Å². The van der Waals surface area contributed by atoms with Gasteiger partial charge < -0.3 is 19.1 Å². The van der Waals surface area contributed by atoms with E-state index in [1.54, 1.807) is 0 Å². The van der Waals surface area contributed by atoms with Crippen LogP contribution in [0.25, 0.3) is 0 Å². The molecule has 304 valence electrons. The molecule has 3 fully saturated rings. The van der Waals surface area contributed by atoms with Crippen LogP contribution in [0, 0.1) is 17.8 Å². The number of amides is 1. The fraction of sp³-hybridized carbons (Fsp3) is 0.636. The number of piperazine rings is 1. The maximum Gasteiger partial charge on any atom is 0.260 e. The lowest BCUT2D eigenvalue weighted by Crippen LogP contribution is -2.62. The molecule has 2 saturated heterocycles. The number of nitrogens with one attached hydrogen (secondary N) is 1. The average molecular weight is 802 g/mol. The molecule has 1 saturated carbocycles. The summed E-state index contributed by atoms with van der Waals surface area (Å²) < 4.78 is 45.5. The summed E-state index contributed by atoms with van der Waals surface area (Å²) in [6.07, 6.45) is 9.40. The van der Waals surface area contributed by atoms with Crippen molar-refractivity contribution >= 4 is 34.0 Å². The number of carbonyl (C=O) groups excluding carboxylic acids is 1. The van der Waals surface area contributed by atoms with Crippen LogP contribution in [0.1, 0.15) is 86.7 Å². The topological polar surface area (TPSA) is 57.3 Å². The third-order valence-electron chi connectivity index (χ3n) is 13.0. The van der Waals surface area contributed by atoms with Gasteiger partial charge in [0.2, 0.25) is 0 Å². The summed E-state index contributed by atoms with van der Waals surface area (Å²) >= 11 is 6.51. The molecule has 2 aromatic rings. The number of methoxy groups -OCH3 is 1. The molecule has 8 atom stereocenters. The van der Waals surface area contributed by atoms with Crippen molar-refractivity contribution in [2.24, 2.45) is 17.8 Å². The van der Waals surface area contributed by atoms with E-state index in [0.29, 0.717) is 37.7 Å². The van der Waals surface area contributed by atoms with Crippen molar-refractivity contribution < 1.29 is 23.0 Å². The number of allylic oxidation sites excluding steroid dienone is 1. The number of ether oxygens (including phenoxy) is 2. The van der Waals surface area contributed by atoms with E-state index in [4.69, 9.17) is 21.1 Å². The van der Waals surface area contributed by atoms with Crippen molar-refractivity contribution in [1.82, 2.24) is 19.4 Å². The molecule has 2 bridgehead atoms. The van der Waals surface area contributed by atoms with Crippen molar-refractivity contribution in [2.75, 3.05) is 66.6 Å². The minimum atomic E-state index is -2.60. The van der Waals surface area contributed by atoms with Crippen molar-refractivity contribution in [3.63, 3.8) is 0 Å². The summed E-state index contributed by atoms with van der Waals surface area (Å²) in [6.45, 7) is 12.2. The molecule has 1 amide bonds. The van der Waals surface area contributed by atoms with Gasteiger partial charge in [-0.05, 0) is 98.0 Å².